The van der Waals surface area contributed by atoms with Crippen molar-refractivity contribution in [3.63, 3.8) is 0 Å². The van der Waals surface area contributed by atoms with Crippen LogP contribution in [0.3, 0.4) is 0 Å². The van der Waals surface area contributed by atoms with E-state index in [1.54, 1.807) is 0 Å². The number of nitrogens with one attached hydrogen (secondary N) is 1. The summed E-state index contributed by atoms with van der Waals surface area (Å²) in [5.74, 6) is 0. The van der Waals surface area contributed by atoms with Crippen molar-refractivity contribution in [3.05, 3.63) is 0 Å². The van der Waals surface area contributed by atoms with Gasteiger partial charge in [-0.3, -0.25) is 0 Å². The Hall–Kier alpha value is -0.120. The standard InChI is InChI=1S/C9H18N2O/c10-5-8-4-9(7-12-8)2-1-3-11-6-9/h8,11H,1-7,10H2/t8-,9-/m0/s1. The number of rotatable bonds is 1. The van der Waals surface area contributed by atoms with Gasteiger partial charge < -0.3 is 15.8 Å². The molecule has 3 N–H and O–H groups in total. The van der Waals surface area contributed by atoms with Gasteiger partial charge in [-0.05, 0) is 25.8 Å². The average molecular weight is 170 g/mol. The van der Waals surface area contributed by atoms with Crippen LogP contribution < -0.4 is 11.1 Å². The van der Waals surface area contributed by atoms with Crippen molar-refractivity contribution < 1.29 is 4.74 Å². The van der Waals surface area contributed by atoms with Crippen molar-refractivity contribution >= 4 is 0 Å². The molecular formula is C9H18N2O. The van der Waals surface area contributed by atoms with Gasteiger partial charge in [-0.25, -0.2) is 0 Å². The number of ether oxygens (including phenoxy) is 1. The maximum Gasteiger partial charge on any atom is 0.0704 e. The van der Waals surface area contributed by atoms with Gasteiger partial charge in [-0.15, -0.1) is 0 Å². The summed E-state index contributed by atoms with van der Waals surface area (Å²) in [6.07, 6.45) is 4.10. The largest absolute Gasteiger partial charge is 0.376 e. The van der Waals surface area contributed by atoms with Crippen molar-refractivity contribution in [2.24, 2.45) is 11.1 Å². The molecule has 2 saturated heterocycles. The average Bonchev–Trinajstić information content (AvgIpc) is 2.50. The first-order chi connectivity index (χ1) is 5.85. The van der Waals surface area contributed by atoms with Crippen LogP contribution >= 0.6 is 0 Å². The highest BCUT2D eigenvalue weighted by atomic mass is 16.5. The van der Waals surface area contributed by atoms with Crippen LogP contribution in [0.2, 0.25) is 0 Å². The van der Waals surface area contributed by atoms with Gasteiger partial charge in [0.05, 0.1) is 12.7 Å². The molecule has 1 spiro atoms. The summed E-state index contributed by atoms with van der Waals surface area (Å²) in [5, 5.41) is 3.44. The molecule has 2 atom stereocenters. The van der Waals surface area contributed by atoms with E-state index in [-0.39, 0.29) is 0 Å². The smallest absolute Gasteiger partial charge is 0.0704 e. The summed E-state index contributed by atoms with van der Waals surface area (Å²) in [4.78, 5) is 0. The minimum atomic E-state index is 0.324. The molecule has 0 aromatic heterocycles. The fraction of sp³-hybridized carbons (Fsp3) is 1.00. The van der Waals surface area contributed by atoms with E-state index in [2.05, 4.69) is 5.32 Å². The summed E-state index contributed by atoms with van der Waals surface area (Å²) < 4.78 is 5.63. The number of nitrogens with two attached hydrogens (primary N) is 1. The van der Waals surface area contributed by atoms with Crippen molar-refractivity contribution in [2.75, 3.05) is 26.2 Å². The third-order valence-corrected chi connectivity index (χ3v) is 3.11. The third kappa shape index (κ3) is 1.49. The lowest BCUT2D eigenvalue weighted by atomic mass is 9.79. The zero-order valence-corrected chi connectivity index (χ0v) is 7.51. The molecule has 0 aromatic rings. The van der Waals surface area contributed by atoms with Crippen LogP contribution in [-0.2, 0) is 4.74 Å². The van der Waals surface area contributed by atoms with Crippen LogP contribution in [-0.4, -0.2) is 32.3 Å². The highest BCUT2D eigenvalue weighted by molar-refractivity contribution is 4.92. The minimum Gasteiger partial charge on any atom is -0.376 e. The Morgan fingerprint density at radius 3 is 3.08 bits per heavy atom. The fourth-order valence-corrected chi connectivity index (χ4v) is 2.37. The highest BCUT2D eigenvalue weighted by Crippen LogP contribution is 2.37. The maximum atomic E-state index is 5.63. The Kier molecular flexibility index (Phi) is 2.35. The number of hydrogen-bond acceptors (Lipinski definition) is 3. The molecule has 2 aliphatic rings. The summed E-state index contributed by atoms with van der Waals surface area (Å²) in [5.41, 5.74) is 6.01. The van der Waals surface area contributed by atoms with Crippen molar-refractivity contribution in [2.45, 2.75) is 25.4 Å². The van der Waals surface area contributed by atoms with Crippen LogP contribution in [0.5, 0.6) is 0 Å². The van der Waals surface area contributed by atoms with E-state index in [9.17, 15) is 0 Å². The maximum absolute atomic E-state index is 5.63. The SMILES string of the molecule is NC[C@@H]1C[C@]2(CCCNC2)CO1. The normalized spacial score (nSPS) is 42.2. The highest BCUT2D eigenvalue weighted by Gasteiger charge is 2.40. The van der Waals surface area contributed by atoms with Crippen LogP contribution in [0, 0.1) is 5.41 Å². The molecular weight excluding hydrogens is 152 g/mol. The van der Waals surface area contributed by atoms with Crippen molar-refractivity contribution in [1.29, 1.82) is 0 Å². The lowest BCUT2D eigenvalue weighted by molar-refractivity contribution is 0.0923. The first-order valence-corrected chi connectivity index (χ1v) is 4.87. The second-order valence-electron chi connectivity index (χ2n) is 4.15. The van der Waals surface area contributed by atoms with E-state index in [0.717, 1.165) is 19.6 Å². The Morgan fingerprint density at radius 2 is 2.50 bits per heavy atom. The molecule has 2 aliphatic heterocycles. The van der Waals surface area contributed by atoms with Gasteiger partial charge in [-0.2, -0.15) is 0 Å². The molecule has 3 heteroatoms. The zero-order valence-electron chi connectivity index (χ0n) is 7.51. The lowest BCUT2D eigenvalue weighted by Crippen LogP contribution is -2.40. The predicted octanol–water partition coefficient (Wildman–Crippen LogP) is 0.104. The van der Waals surface area contributed by atoms with Gasteiger partial charge in [0.15, 0.2) is 0 Å². The first kappa shape index (κ1) is 8.48. The van der Waals surface area contributed by atoms with E-state index in [0.29, 0.717) is 18.1 Å². The van der Waals surface area contributed by atoms with Gasteiger partial charge in [0.25, 0.3) is 0 Å². The molecule has 0 amide bonds. The van der Waals surface area contributed by atoms with Gasteiger partial charge >= 0.3 is 0 Å². The van der Waals surface area contributed by atoms with Gasteiger partial charge in [-0.1, -0.05) is 0 Å². The molecule has 0 unspecified atom stereocenters. The van der Waals surface area contributed by atoms with Gasteiger partial charge in [0, 0.05) is 18.5 Å². The Balaban J connectivity index is 1.94. The molecule has 0 saturated carbocycles. The lowest BCUT2D eigenvalue weighted by Gasteiger charge is -2.32. The fourth-order valence-electron chi connectivity index (χ4n) is 2.37. The molecule has 12 heavy (non-hydrogen) atoms. The third-order valence-electron chi connectivity index (χ3n) is 3.11. The molecule has 3 nitrogen and oxygen atoms in total. The Morgan fingerprint density at radius 1 is 1.58 bits per heavy atom. The zero-order chi connectivity index (χ0) is 8.44. The summed E-state index contributed by atoms with van der Waals surface area (Å²) in [7, 11) is 0. The predicted molar refractivity (Wildman–Crippen MR) is 47.9 cm³/mol. The quantitative estimate of drug-likeness (QED) is 0.587. The van der Waals surface area contributed by atoms with Gasteiger partial charge in [0.1, 0.15) is 0 Å². The van der Waals surface area contributed by atoms with E-state index in [4.69, 9.17) is 10.5 Å². The van der Waals surface area contributed by atoms with E-state index >= 15 is 0 Å². The number of piperidine rings is 1. The number of hydrogen-bond donors (Lipinski definition) is 2. The monoisotopic (exact) mass is 170 g/mol. The molecule has 0 radical (unpaired) electrons. The van der Waals surface area contributed by atoms with Crippen LogP contribution in [0.25, 0.3) is 0 Å². The first-order valence-electron chi connectivity index (χ1n) is 4.87. The molecule has 0 aromatic carbocycles. The molecule has 0 aliphatic carbocycles. The van der Waals surface area contributed by atoms with E-state index in [1.807, 2.05) is 0 Å². The van der Waals surface area contributed by atoms with Crippen LogP contribution in [0.15, 0.2) is 0 Å². The van der Waals surface area contributed by atoms with E-state index < -0.39 is 0 Å². The van der Waals surface area contributed by atoms with Crippen molar-refractivity contribution in [3.8, 4) is 0 Å². The molecule has 2 fully saturated rings. The van der Waals surface area contributed by atoms with Gasteiger partial charge in [0.2, 0.25) is 0 Å². The van der Waals surface area contributed by atoms with Crippen LogP contribution in [0.4, 0.5) is 0 Å². The molecule has 70 valence electrons. The molecule has 2 rings (SSSR count). The molecule has 0 bridgehead atoms. The topological polar surface area (TPSA) is 47.3 Å². The summed E-state index contributed by atoms with van der Waals surface area (Å²) >= 11 is 0. The molecule has 2 heterocycles. The van der Waals surface area contributed by atoms with Crippen LogP contribution in [0.1, 0.15) is 19.3 Å². The Bertz CT molecular complexity index is 155. The van der Waals surface area contributed by atoms with E-state index in [1.165, 1.54) is 19.4 Å². The Labute approximate surface area is 73.7 Å². The second-order valence-corrected chi connectivity index (χ2v) is 4.15. The minimum absolute atomic E-state index is 0.324. The summed E-state index contributed by atoms with van der Waals surface area (Å²) in [6, 6.07) is 0. The van der Waals surface area contributed by atoms with Crippen molar-refractivity contribution in [1.82, 2.24) is 5.32 Å². The summed E-state index contributed by atoms with van der Waals surface area (Å²) in [6.45, 7) is 3.90. The second kappa shape index (κ2) is 3.32.